The smallest absolute Gasteiger partial charge is 0.237 e. The van der Waals surface area contributed by atoms with Crippen LogP contribution in [0.5, 0.6) is 0 Å². The number of nitrogens with two attached hydrogens (primary N) is 1. The van der Waals surface area contributed by atoms with Crippen LogP contribution < -0.4 is 11.1 Å². The maximum absolute atomic E-state index is 11.2. The second-order valence-corrected chi connectivity index (χ2v) is 3.11. The van der Waals surface area contributed by atoms with Gasteiger partial charge >= 0.3 is 0 Å². The van der Waals surface area contributed by atoms with Crippen LogP contribution >= 0.6 is 0 Å². The average molecular weight is 183 g/mol. The molecule has 0 heterocycles. The Morgan fingerprint density at radius 2 is 2.31 bits per heavy atom. The maximum atomic E-state index is 11.2. The Morgan fingerprint density at radius 1 is 1.69 bits per heavy atom. The van der Waals surface area contributed by atoms with E-state index in [2.05, 4.69) is 11.2 Å². The molecule has 0 aliphatic carbocycles. The van der Waals surface area contributed by atoms with Crippen LogP contribution in [-0.4, -0.2) is 44.0 Å². The van der Waals surface area contributed by atoms with Crippen LogP contribution in [0.2, 0.25) is 0 Å². The fourth-order valence-corrected chi connectivity index (χ4v) is 0.753. The lowest BCUT2D eigenvalue weighted by atomic mass is 10.2. The van der Waals surface area contributed by atoms with E-state index in [0.717, 1.165) is 6.54 Å². The first-order valence-corrected chi connectivity index (χ1v) is 4.19. The molecular weight excluding hydrogens is 166 g/mol. The standard InChI is InChI=1S/C9H17N3O/c1-4-5-8(10)9(13)11-6-7-12(2)3/h1,8H,5-7,10H2,2-3H3,(H,11,13). The minimum atomic E-state index is -0.577. The quantitative estimate of drug-likeness (QED) is 0.538. The van der Waals surface area contributed by atoms with E-state index >= 15 is 0 Å². The van der Waals surface area contributed by atoms with Crippen molar-refractivity contribution >= 4 is 5.91 Å². The van der Waals surface area contributed by atoms with Crippen molar-refractivity contribution in [1.29, 1.82) is 0 Å². The zero-order valence-electron chi connectivity index (χ0n) is 8.21. The molecule has 13 heavy (non-hydrogen) atoms. The number of amides is 1. The highest BCUT2D eigenvalue weighted by Crippen LogP contribution is 1.85. The van der Waals surface area contributed by atoms with Crippen LogP contribution in [0.15, 0.2) is 0 Å². The number of nitrogens with one attached hydrogen (secondary N) is 1. The molecule has 0 rings (SSSR count). The Hall–Kier alpha value is -1.05. The summed E-state index contributed by atoms with van der Waals surface area (Å²) in [6, 6.07) is -0.577. The highest BCUT2D eigenvalue weighted by Gasteiger charge is 2.10. The molecule has 0 aliphatic rings. The summed E-state index contributed by atoms with van der Waals surface area (Å²) in [5, 5.41) is 2.70. The van der Waals surface area contributed by atoms with Crippen molar-refractivity contribution in [2.24, 2.45) is 5.73 Å². The Balaban J connectivity index is 3.57. The summed E-state index contributed by atoms with van der Waals surface area (Å²) < 4.78 is 0. The van der Waals surface area contributed by atoms with Crippen molar-refractivity contribution in [2.45, 2.75) is 12.5 Å². The molecular formula is C9H17N3O. The predicted octanol–water partition coefficient (Wildman–Crippen LogP) is -0.985. The van der Waals surface area contributed by atoms with E-state index in [4.69, 9.17) is 12.2 Å². The van der Waals surface area contributed by atoms with Crippen molar-refractivity contribution in [3.05, 3.63) is 0 Å². The van der Waals surface area contributed by atoms with Gasteiger partial charge in [-0.2, -0.15) is 0 Å². The Bertz CT molecular complexity index is 196. The van der Waals surface area contributed by atoms with Crippen LogP contribution in [0.3, 0.4) is 0 Å². The van der Waals surface area contributed by atoms with Gasteiger partial charge in [0.15, 0.2) is 0 Å². The molecule has 4 nitrogen and oxygen atoms in total. The van der Waals surface area contributed by atoms with Crippen molar-refractivity contribution < 1.29 is 4.79 Å². The number of hydrogen-bond acceptors (Lipinski definition) is 3. The lowest BCUT2D eigenvalue weighted by Gasteiger charge is -2.12. The van der Waals surface area contributed by atoms with Gasteiger partial charge in [0.05, 0.1) is 6.04 Å². The number of terminal acetylenes is 1. The highest BCUT2D eigenvalue weighted by molar-refractivity contribution is 5.81. The first-order valence-electron chi connectivity index (χ1n) is 4.19. The summed E-state index contributed by atoms with van der Waals surface area (Å²) in [6.45, 7) is 1.40. The molecule has 0 fully saturated rings. The minimum absolute atomic E-state index is 0.181. The SMILES string of the molecule is C#CCC(N)C(=O)NCCN(C)C. The Kier molecular flexibility index (Phi) is 5.94. The topological polar surface area (TPSA) is 58.4 Å². The molecule has 0 radical (unpaired) electrons. The fraction of sp³-hybridized carbons (Fsp3) is 0.667. The van der Waals surface area contributed by atoms with Gasteiger partial charge in [-0.15, -0.1) is 12.3 Å². The lowest BCUT2D eigenvalue weighted by molar-refractivity contribution is -0.122. The third-order valence-electron chi connectivity index (χ3n) is 1.53. The van der Waals surface area contributed by atoms with Gasteiger partial charge in [-0.1, -0.05) is 0 Å². The Morgan fingerprint density at radius 3 is 2.77 bits per heavy atom. The van der Waals surface area contributed by atoms with Crippen LogP contribution in [0, 0.1) is 12.3 Å². The molecule has 1 atom stereocenters. The van der Waals surface area contributed by atoms with Gasteiger partial charge in [0.2, 0.25) is 5.91 Å². The monoisotopic (exact) mass is 183 g/mol. The number of hydrogen-bond donors (Lipinski definition) is 2. The normalized spacial score (nSPS) is 12.2. The van der Waals surface area contributed by atoms with E-state index in [1.165, 1.54) is 0 Å². The first kappa shape index (κ1) is 11.9. The number of nitrogens with zero attached hydrogens (tertiary/aromatic N) is 1. The molecule has 0 saturated carbocycles. The summed E-state index contributed by atoms with van der Waals surface area (Å²) in [5.41, 5.74) is 5.48. The molecule has 3 N–H and O–H groups in total. The van der Waals surface area contributed by atoms with Crippen molar-refractivity contribution in [1.82, 2.24) is 10.2 Å². The van der Waals surface area contributed by atoms with Crippen LogP contribution in [-0.2, 0) is 4.79 Å². The molecule has 0 aromatic heterocycles. The highest BCUT2D eigenvalue weighted by atomic mass is 16.2. The van der Waals surface area contributed by atoms with Crippen molar-refractivity contribution in [2.75, 3.05) is 27.2 Å². The molecule has 1 amide bonds. The number of likely N-dealkylation sites (N-methyl/N-ethyl adjacent to an activating group) is 1. The number of carbonyl (C=O) groups excluding carboxylic acids is 1. The lowest BCUT2D eigenvalue weighted by Crippen LogP contribution is -2.42. The molecule has 0 bridgehead atoms. The van der Waals surface area contributed by atoms with Crippen LogP contribution in [0.1, 0.15) is 6.42 Å². The van der Waals surface area contributed by atoms with Gasteiger partial charge in [0.25, 0.3) is 0 Å². The maximum Gasteiger partial charge on any atom is 0.237 e. The van der Waals surface area contributed by atoms with Crippen molar-refractivity contribution in [3.8, 4) is 12.3 Å². The summed E-state index contributed by atoms with van der Waals surface area (Å²) in [6.07, 6.45) is 5.31. The summed E-state index contributed by atoms with van der Waals surface area (Å²) in [4.78, 5) is 13.1. The summed E-state index contributed by atoms with van der Waals surface area (Å²) in [5.74, 6) is 2.17. The molecule has 0 saturated heterocycles. The zero-order chi connectivity index (χ0) is 10.3. The molecule has 74 valence electrons. The fourth-order valence-electron chi connectivity index (χ4n) is 0.753. The molecule has 4 heteroatoms. The van der Waals surface area contributed by atoms with Gasteiger partial charge in [-0.25, -0.2) is 0 Å². The summed E-state index contributed by atoms with van der Waals surface area (Å²) >= 11 is 0. The summed E-state index contributed by atoms with van der Waals surface area (Å²) in [7, 11) is 3.88. The van der Waals surface area contributed by atoms with E-state index in [0.29, 0.717) is 6.54 Å². The third-order valence-corrected chi connectivity index (χ3v) is 1.53. The second-order valence-electron chi connectivity index (χ2n) is 3.11. The molecule has 0 aliphatic heterocycles. The van der Waals surface area contributed by atoms with Gasteiger partial charge in [0, 0.05) is 19.5 Å². The van der Waals surface area contributed by atoms with Gasteiger partial charge in [-0.05, 0) is 14.1 Å². The zero-order valence-corrected chi connectivity index (χ0v) is 8.21. The van der Waals surface area contributed by atoms with Gasteiger partial charge in [0.1, 0.15) is 0 Å². The van der Waals surface area contributed by atoms with Crippen LogP contribution in [0.25, 0.3) is 0 Å². The third kappa shape index (κ3) is 6.14. The largest absolute Gasteiger partial charge is 0.353 e. The van der Waals surface area contributed by atoms with E-state index in [9.17, 15) is 4.79 Å². The minimum Gasteiger partial charge on any atom is -0.353 e. The average Bonchev–Trinajstić information content (AvgIpc) is 2.04. The Labute approximate surface area is 79.5 Å². The predicted molar refractivity (Wildman–Crippen MR) is 53.0 cm³/mol. The van der Waals surface area contributed by atoms with Gasteiger partial charge < -0.3 is 16.0 Å². The van der Waals surface area contributed by atoms with Crippen molar-refractivity contribution in [3.63, 3.8) is 0 Å². The second kappa shape index (κ2) is 6.46. The van der Waals surface area contributed by atoms with Crippen LogP contribution in [0.4, 0.5) is 0 Å². The van der Waals surface area contributed by atoms with E-state index in [1.807, 2.05) is 19.0 Å². The first-order chi connectivity index (χ1) is 6.07. The van der Waals surface area contributed by atoms with E-state index in [1.54, 1.807) is 0 Å². The molecule has 1 unspecified atom stereocenters. The molecule has 0 aromatic rings. The number of carbonyl (C=O) groups is 1. The van der Waals surface area contributed by atoms with Gasteiger partial charge in [-0.3, -0.25) is 4.79 Å². The van der Waals surface area contributed by atoms with E-state index < -0.39 is 6.04 Å². The number of rotatable bonds is 5. The molecule has 0 spiro atoms. The van der Waals surface area contributed by atoms with E-state index in [-0.39, 0.29) is 12.3 Å². The molecule has 0 aromatic carbocycles.